The number of hydrogen-bond acceptors (Lipinski definition) is 6. The van der Waals surface area contributed by atoms with Gasteiger partial charge in [-0.05, 0) is 49.2 Å². The molecule has 0 unspecified atom stereocenters. The Morgan fingerprint density at radius 3 is 2.58 bits per heavy atom. The molecular weight excluding hydrogens is 372 g/mol. The summed E-state index contributed by atoms with van der Waals surface area (Å²) in [5, 5.41) is 3.85. The second-order valence-electron chi connectivity index (χ2n) is 5.36. The predicted octanol–water partition coefficient (Wildman–Crippen LogP) is 1.01. The van der Waals surface area contributed by atoms with Crippen LogP contribution in [0.25, 0.3) is 12.2 Å². The van der Waals surface area contributed by atoms with E-state index in [2.05, 4.69) is 0 Å². The molecule has 0 atom stereocenters. The van der Waals surface area contributed by atoms with Crippen LogP contribution in [0.3, 0.4) is 0 Å². The lowest BCUT2D eigenvalue weighted by atomic mass is 10.3. The number of carbonyl (C=O) groups excluding carboxylic acids is 2. The minimum Gasteiger partial charge on any atom is -0.463 e. The van der Waals surface area contributed by atoms with Gasteiger partial charge in [0.15, 0.2) is 0 Å². The van der Waals surface area contributed by atoms with Crippen LogP contribution >= 0.6 is 22.7 Å². The van der Waals surface area contributed by atoms with Gasteiger partial charge in [-0.25, -0.2) is 4.79 Å². The molecule has 2 heterocycles. The van der Waals surface area contributed by atoms with Gasteiger partial charge < -0.3 is 9.64 Å². The lowest BCUT2D eigenvalue weighted by Gasteiger charge is -2.18. The Labute approximate surface area is 159 Å². The summed E-state index contributed by atoms with van der Waals surface area (Å²) in [7, 11) is 0. The topological polar surface area (TPSA) is 68.6 Å². The van der Waals surface area contributed by atoms with Gasteiger partial charge in [-0.1, -0.05) is 0 Å². The van der Waals surface area contributed by atoms with Crippen LogP contribution in [0.5, 0.6) is 0 Å². The fraction of sp³-hybridized carbons (Fsp3) is 0.389. The number of esters is 1. The lowest BCUT2D eigenvalue weighted by Crippen LogP contribution is -2.40. The van der Waals surface area contributed by atoms with E-state index in [1.165, 1.54) is 33.3 Å². The lowest BCUT2D eigenvalue weighted by molar-refractivity contribution is -0.135. The van der Waals surface area contributed by atoms with Crippen molar-refractivity contribution in [2.24, 2.45) is 0 Å². The average molecular weight is 395 g/mol. The molecule has 2 aromatic heterocycles. The number of rotatable bonds is 7. The van der Waals surface area contributed by atoms with Crippen molar-refractivity contribution in [2.45, 2.75) is 27.3 Å². The Morgan fingerprint density at radius 1 is 1.27 bits per heavy atom. The molecule has 0 aromatic carbocycles. The molecule has 26 heavy (non-hydrogen) atoms. The zero-order chi connectivity index (χ0) is 19.1. The van der Waals surface area contributed by atoms with Gasteiger partial charge in [0.2, 0.25) is 5.91 Å². The Hall–Kier alpha value is -2.19. The van der Waals surface area contributed by atoms with Gasteiger partial charge in [-0.2, -0.15) is 11.3 Å². The molecule has 2 aromatic rings. The van der Waals surface area contributed by atoms with Crippen molar-refractivity contribution in [1.29, 1.82) is 0 Å². The molecule has 6 nitrogen and oxygen atoms in total. The molecule has 0 saturated heterocycles. The molecule has 0 radical (unpaired) electrons. The second-order valence-corrected chi connectivity index (χ2v) is 7.20. The minimum absolute atomic E-state index is 0.0975. The van der Waals surface area contributed by atoms with Gasteiger partial charge in [-0.15, -0.1) is 11.3 Å². The first kappa shape index (κ1) is 20.1. The van der Waals surface area contributed by atoms with Crippen molar-refractivity contribution in [3.05, 3.63) is 41.9 Å². The Morgan fingerprint density at radius 2 is 2.00 bits per heavy atom. The van der Waals surface area contributed by atoms with Gasteiger partial charge >= 0.3 is 5.97 Å². The van der Waals surface area contributed by atoms with Gasteiger partial charge in [0.25, 0.3) is 5.56 Å². The highest BCUT2D eigenvalue weighted by molar-refractivity contribution is 7.08. The zero-order valence-corrected chi connectivity index (χ0v) is 16.7. The highest BCUT2D eigenvalue weighted by atomic mass is 32.1. The standard InChI is InChI=1S/C18H22N2O4S2/c1-4-19(5-2)15(21)11-20-16(10-17(22)24-6-3)26-14(18(20)23)9-13-7-8-25-12-13/h7-10,12H,4-6,11H2,1-3H3/b14-9+,16-10+. The van der Waals surface area contributed by atoms with E-state index in [1.54, 1.807) is 17.9 Å². The van der Waals surface area contributed by atoms with Crippen molar-refractivity contribution in [3.63, 3.8) is 0 Å². The highest BCUT2D eigenvalue weighted by Gasteiger charge is 2.14. The normalized spacial score (nSPS) is 12.4. The van der Waals surface area contributed by atoms with Crippen LogP contribution in [0.1, 0.15) is 26.3 Å². The van der Waals surface area contributed by atoms with E-state index in [0.29, 0.717) is 22.3 Å². The largest absolute Gasteiger partial charge is 0.463 e. The quantitative estimate of drug-likeness (QED) is 0.658. The third-order valence-electron chi connectivity index (χ3n) is 3.71. The van der Waals surface area contributed by atoms with Crippen LogP contribution in [0.15, 0.2) is 21.6 Å². The van der Waals surface area contributed by atoms with E-state index in [1.807, 2.05) is 30.7 Å². The van der Waals surface area contributed by atoms with Gasteiger partial charge in [0, 0.05) is 13.1 Å². The van der Waals surface area contributed by atoms with Crippen molar-refractivity contribution < 1.29 is 14.3 Å². The molecule has 0 N–H and O–H groups in total. The summed E-state index contributed by atoms with van der Waals surface area (Å²) >= 11 is 2.72. The Kier molecular flexibility index (Phi) is 7.35. The fourth-order valence-corrected chi connectivity index (χ4v) is 4.05. The van der Waals surface area contributed by atoms with E-state index in [0.717, 1.165) is 5.56 Å². The highest BCUT2D eigenvalue weighted by Crippen LogP contribution is 2.05. The summed E-state index contributed by atoms with van der Waals surface area (Å²) in [6.07, 6.45) is 3.04. The van der Waals surface area contributed by atoms with Crippen molar-refractivity contribution in [2.75, 3.05) is 19.7 Å². The van der Waals surface area contributed by atoms with Gasteiger partial charge in [0.1, 0.15) is 11.2 Å². The third kappa shape index (κ3) is 4.92. The van der Waals surface area contributed by atoms with E-state index in [9.17, 15) is 14.4 Å². The fourth-order valence-electron chi connectivity index (χ4n) is 2.40. The molecule has 140 valence electrons. The van der Waals surface area contributed by atoms with Gasteiger partial charge in [-0.3, -0.25) is 14.2 Å². The summed E-state index contributed by atoms with van der Waals surface area (Å²) < 4.78 is 7.18. The number of thiazole rings is 1. The Balaban J connectivity index is 2.53. The number of nitrogens with zero attached hydrogens (tertiary/aromatic N) is 2. The number of ether oxygens (including phenoxy) is 1. The number of hydrogen-bond donors (Lipinski definition) is 0. The molecule has 0 spiro atoms. The maximum Gasteiger partial charge on any atom is 0.333 e. The molecule has 0 bridgehead atoms. The maximum absolute atomic E-state index is 12.8. The molecule has 0 aliphatic carbocycles. The van der Waals surface area contributed by atoms with Crippen LogP contribution in [-0.4, -0.2) is 41.0 Å². The molecule has 2 rings (SSSR count). The molecule has 0 fully saturated rings. The SMILES string of the molecule is CCOC(=O)/C=c1/s/c(=C/c2ccsc2)c(=O)n1CC(=O)N(CC)CC. The summed E-state index contributed by atoms with van der Waals surface area (Å²) in [5.74, 6) is -0.685. The summed E-state index contributed by atoms with van der Waals surface area (Å²) in [4.78, 5) is 38.7. The Bertz CT molecular complexity index is 922. The first-order chi connectivity index (χ1) is 12.5. The number of aromatic nitrogens is 1. The number of thiophene rings is 1. The van der Waals surface area contributed by atoms with E-state index in [-0.39, 0.29) is 24.6 Å². The molecule has 0 aliphatic rings. The molecule has 0 saturated carbocycles. The predicted molar refractivity (Wildman–Crippen MR) is 105 cm³/mol. The first-order valence-corrected chi connectivity index (χ1v) is 10.2. The van der Waals surface area contributed by atoms with Crippen LogP contribution < -0.4 is 14.8 Å². The summed E-state index contributed by atoms with van der Waals surface area (Å²) in [6, 6.07) is 1.91. The maximum atomic E-state index is 12.8. The van der Waals surface area contributed by atoms with E-state index >= 15 is 0 Å². The summed E-state index contributed by atoms with van der Waals surface area (Å²) in [5.41, 5.74) is 0.635. The summed E-state index contributed by atoms with van der Waals surface area (Å²) in [6.45, 7) is 6.78. The smallest absolute Gasteiger partial charge is 0.333 e. The first-order valence-electron chi connectivity index (χ1n) is 8.39. The number of amides is 1. The second kappa shape index (κ2) is 9.49. The van der Waals surface area contributed by atoms with Crippen LogP contribution in [-0.2, 0) is 20.9 Å². The third-order valence-corrected chi connectivity index (χ3v) is 5.48. The number of likely N-dealkylation sites (N-methyl/N-ethyl adjacent to an activating group) is 1. The van der Waals surface area contributed by atoms with E-state index < -0.39 is 5.97 Å². The van der Waals surface area contributed by atoms with Crippen LogP contribution in [0.2, 0.25) is 0 Å². The molecular formula is C18H22N2O4S2. The zero-order valence-electron chi connectivity index (χ0n) is 15.1. The van der Waals surface area contributed by atoms with Crippen molar-refractivity contribution in [1.82, 2.24) is 9.47 Å². The van der Waals surface area contributed by atoms with Crippen LogP contribution in [0, 0.1) is 0 Å². The molecule has 8 heteroatoms. The average Bonchev–Trinajstić information content (AvgIpc) is 3.21. The van der Waals surface area contributed by atoms with Crippen molar-refractivity contribution in [3.8, 4) is 0 Å². The van der Waals surface area contributed by atoms with Crippen molar-refractivity contribution >= 4 is 46.7 Å². The van der Waals surface area contributed by atoms with Gasteiger partial charge in [0.05, 0.1) is 17.2 Å². The monoisotopic (exact) mass is 394 g/mol. The molecule has 0 aliphatic heterocycles. The van der Waals surface area contributed by atoms with E-state index in [4.69, 9.17) is 4.74 Å². The molecule has 1 amide bonds. The minimum atomic E-state index is -0.528. The number of carbonyl (C=O) groups is 2. The van der Waals surface area contributed by atoms with Crippen LogP contribution in [0.4, 0.5) is 0 Å².